The van der Waals surface area contributed by atoms with Gasteiger partial charge < -0.3 is 10.5 Å². The lowest BCUT2D eigenvalue weighted by Crippen LogP contribution is -1.96. The van der Waals surface area contributed by atoms with E-state index >= 15 is 0 Å². The zero-order valence-corrected chi connectivity index (χ0v) is 11.5. The van der Waals surface area contributed by atoms with E-state index in [-0.39, 0.29) is 5.70 Å². The van der Waals surface area contributed by atoms with Gasteiger partial charge in [-0.25, -0.2) is 10.1 Å². The van der Waals surface area contributed by atoms with Gasteiger partial charge >= 0.3 is 0 Å². The molecular formula is C17H13N3O. The molecule has 0 spiro atoms. The van der Waals surface area contributed by atoms with Crippen molar-refractivity contribution in [3.8, 4) is 6.07 Å². The highest BCUT2D eigenvalue weighted by molar-refractivity contribution is 5.57. The Bertz CT molecular complexity index is 735. The average Bonchev–Trinajstić information content (AvgIpc) is 2.47. The van der Waals surface area contributed by atoms with Crippen LogP contribution in [0.1, 0.15) is 12.5 Å². The van der Waals surface area contributed by atoms with E-state index in [4.69, 9.17) is 22.3 Å². The summed E-state index contributed by atoms with van der Waals surface area (Å²) in [6.45, 7) is 8.78. The van der Waals surface area contributed by atoms with Crippen LogP contribution in [-0.2, 0) is 4.74 Å². The molecule has 1 heterocycles. The molecule has 0 saturated heterocycles. The van der Waals surface area contributed by atoms with Crippen LogP contribution in [0.2, 0.25) is 0 Å². The molecule has 0 amide bonds. The van der Waals surface area contributed by atoms with Crippen molar-refractivity contribution >= 4 is 11.8 Å². The molecule has 0 atom stereocenters. The molecule has 1 aliphatic heterocycles. The van der Waals surface area contributed by atoms with Crippen molar-refractivity contribution in [2.75, 3.05) is 5.73 Å². The highest BCUT2D eigenvalue weighted by Crippen LogP contribution is 2.23. The molecule has 0 unspecified atom stereocenters. The molecular weight excluding hydrogens is 262 g/mol. The van der Waals surface area contributed by atoms with Crippen molar-refractivity contribution in [1.29, 1.82) is 5.26 Å². The molecule has 21 heavy (non-hydrogen) atoms. The number of nitrogens with two attached hydrogens (primary N) is 1. The van der Waals surface area contributed by atoms with Crippen molar-refractivity contribution in [2.24, 2.45) is 0 Å². The van der Waals surface area contributed by atoms with Crippen molar-refractivity contribution in [3.05, 3.63) is 82.3 Å². The fourth-order valence-corrected chi connectivity index (χ4v) is 1.82. The summed E-state index contributed by atoms with van der Waals surface area (Å²) in [6, 6.07) is 9.32. The van der Waals surface area contributed by atoms with Gasteiger partial charge in [-0.15, -0.1) is 0 Å². The summed E-state index contributed by atoms with van der Waals surface area (Å²) < 4.78 is 5.57. The Hall–Kier alpha value is -3.24. The number of benzene rings is 1. The molecule has 2 N–H and O–H groups in total. The molecule has 0 aromatic heterocycles. The Labute approximate surface area is 123 Å². The predicted molar refractivity (Wildman–Crippen MR) is 82.1 cm³/mol. The molecule has 1 aliphatic rings. The van der Waals surface area contributed by atoms with E-state index in [9.17, 15) is 0 Å². The van der Waals surface area contributed by atoms with Crippen LogP contribution >= 0.6 is 0 Å². The smallest absolute Gasteiger partial charge is 0.269 e. The molecule has 2 rings (SSSR count). The first-order valence-electron chi connectivity index (χ1n) is 6.25. The number of hydrogen-bond donors (Lipinski definition) is 1. The number of nitrogen functional groups attached to an aromatic ring is 1. The van der Waals surface area contributed by atoms with Gasteiger partial charge in [0.05, 0.1) is 12.6 Å². The first kappa shape index (κ1) is 14.2. The minimum Gasteiger partial charge on any atom is -0.462 e. The summed E-state index contributed by atoms with van der Waals surface area (Å²) in [5, 5.41) is 8.93. The second kappa shape index (κ2) is 6.27. The Kier molecular flexibility index (Phi) is 4.23. The van der Waals surface area contributed by atoms with Gasteiger partial charge in [-0.2, -0.15) is 0 Å². The fourth-order valence-electron chi connectivity index (χ4n) is 1.82. The maximum atomic E-state index is 8.93. The summed E-state index contributed by atoms with van der Waals surface area (Å²) in [5.41, 5.74) is 7.94. The first-order valence-corrected chi connectivity index (χ1v) is 6.25. The quantitative estimate of drug-likeness (QED) is 0.507. The standard InChI is InChI=1S/C17H13N3O/c1-12-9-14(17(11-18)20-2)10-16(21-12)8-5-13-3-6-15(19)7-4-13/h3-10H,19H2,1H3/b8-5+,17-14+. The number of nitrogens with zero attached hydrogens (tertiary/aromatic N) is 2. The second-order valence-corrected chi connectivity index (χ2v) is 4.43. The van der Waals surface area contributed by atoms with Crippen molar-refractivity contribution in [3.63, 3.8) is 0 Å². The number of anilines is 1. The number of nitriles is 1. The summed E-state index contributed by atoms with van der Waals surface area (Å²) in [6.07, 6.45) is 7.03. The third kappa shape index (κ3) is 3.62. The Morgan fingerprint density at radius 2 is 2.00 bits per heavy atom. The summed E-state index contributed by atoms with van der Waals surface area (Å²) in [4.78, 5) is 3.21. The van der Waals surface area contributed by atoms with Gasteiger partial charge in [0.15, 0.2) is 0 Å². The average molecular weight is 275 g/mol. The van der Waals surface area contributed by atoms with E-state index < -0.39 is 0 Å². The van der Waals surface area contributed by atoms with Crippen molar-refractivity contribution in [1.82, 2.24) is 0 Å². The molecule has 1 aromatic rings. The van der Waals surface area contributed by atoms with Gasteiger partial charge in [0.2, 0.25) is 0 Å². The molecule has 1 aromatic carbocycles. The molecule has 102 valence electrons. The molecule has 0 radical (unpaired) electrons. The molecule has 4 nitrogen and oxygen atoms in total. The van der Waals surface area contributed by atoms with Gasteiger partial charge in [-0.1, -0.05) is 18.2 Å². The van der Waals surface area contributed by atoms with Crippen LogP contribution in [0, 0.1) is 17.9 Å². The van der Waals surface area contributed by atoms with Crippen LogP contribution in [-0.4, -0.2) is 0 Å². The van der Waals surface area contributed by atoms with E-state index in [0.29, 0.717) is 22.8 Å². The van der Waals surface area contributed by atoms with E-state index in [1.807, 2.05) is 36.4 Å². The second-order valence-electron chi connectivity index (χ2n) is 4.43. The van der Waals surface area contributed by atoms with E-state index in [0.717, 1.165) is 5.56 Å². The topological polar surface area (TPSA) is 63.4 Å². The minimum absolute atomic E-state index is 0.0519. The lowest BCUT2D eigenvalue weighted by atomic mass is 10.1. The molecule has 0 bridgehead atoms. The summed E-state index contributed by atoms with van der Waals surface area (Å²) in [7, 11) is 0. The summed E-state index contributed by atoms with van der Waals surface area (Å²) in [5.74, 6) is 1.22. The number of rotatable bonds is 2. The number of ether oxygens (including phenoxy) is 1. The van der Waals surface area contributed by atoms with Gasteiger partial charge in [0.1, 0.15) is 11.5 Å². The van der Waals surface area contributed by atoms with E-state index in [1.54, 1.807) is 25.2 Å². The zero-order chi connectivity index (χ0) is 15.2. The van der Waals surface area contributed by atoms with Crippen LogP contribution in [0.25, 0.3) is 10.9 Å². The first-order chi connectivity index (χ1) is 10.1. The van der Waals surface area contributed by atoms with Gasteiger partial charge in [0, 0.05) is 5.69 Å². The third-order valence-corrected chi connectivity index (χ3v) is 2.80. The third-order valence-electron chi connectivity index (χ3n) is 2.80. The van der Waals surface area contributed by atoms with Crippen LogP contribution in [0.3, 0.4) is 0 Å². The van der Waals surface area contributed by atoms with Crippen molar-refractivity contribution < 1.29 is 4.74 Å². The normalized spacial score (nSPS) is 16.3. The van der Waals surface area contributed by atoms with Crippen LogP contribution < -0.4 is 5.73 Å². The highest BCUT2D eigenvalue weighted by atomic mass is 16.5. The Balaban J connectivity index is 2.29. The number of hydrogen-bond acceptors (Lipinski definition) is 3. The SMILES string of the molecule is [C-]#[N+]/C(C#N)=C1\C=C(C)OC(/C=C/c2ccc(N)cc2)=C1. The largest absolute Gasteiger partial charge is 0.462 e. The van der Waals surface area contributed by atoms with Gasteiger partial charge in [-0.05, 0) is 48.4 Å². The summed E-state index contributed by atoms with van der Waals surface area (Å²) >= 11 is 0. The van der Waals surface area contributed by atoms with E-state index in [2.05, 4.69) is 4.85 Å². The lowest BCUT2D eigenvalue weighted by molar-refractivity contribution is 0.318. The maximum Gasteiger partial charge on any atom is 0.269 e. The molecule has 0 saturated carbocycles. The van der Waals surface area contributed by atoms with Crippen molar-refractivity contribution in [2.45, 2.75) is 6.92 Å². The lowest BCUT2D eigenvalue weighted by Gasteiger charge is -2.13. The van der Waals surface area contributed by atoms with Crippen LogP contribution in [0.4, 0.5) is 5.69 Å². The molecule has 4 heteroatoms. The predicted octanol–water partition coefficient (Wildman–Crippen LogP) is 3.80. The van der Waals surface area contributed by atoms with Crippen LogP contribution in [0.5, 0.6) is 0 Å². The van der Waals surface area contributed by atoms with E-state index in [1.165, 1.54) is 0 Å². The number of allylic oxidation sites excluding steroid dienone is 6. The molecule has 0 aliphatic carbocycles. The fraction of sp³-hybridized carbons (Fsp3) is 0.0588. The maximum absolute atomic E-state index is 8.93. The zero-order valence-electron chi connectivity index (χ0n) is 11.5. The minimum atomic E-state index is 0.0519. The monoisotopic (exact) mass is 275 g/mol. The van der Waals surface area contributed by atoms with Gasteiger partial charge in [-0.3, -0.25) is 0 Å². The van der Waals surface area contributed by atoms with Crippen LogP contribution in [0.15, 0.2) is 65.3 Å². The highest BCUT2D eigenvalue weighted by Gasteiger charge is 2.10. The Morgan fingerprint density at radius 3 is 2.62 bits per heavy atom. The van der Waals surface area contributed by atoms with Gasteiger partial charge in [0.25, 0.3) is 5.70 Å². The molecule has 0 fully saturated rings. The Morgan fingerprint density at radius 1 is 1.29 bits per heavy atom.